The lowest BCUT2D eigenvalue weighted by Gasteiger charge is -2.24. The van der Waals surface area contributed by atoms with E-state index in [0.717, 1.165) is 11.0 Å². The molecule has 0 radical (unpaired) electrons. The highest BCUT2D eigenvalue weighted by atomic mass is 16.5. The number of carbonyl (C=O) groups is 2. The average Bonchev–Trinajstić information content (AvgIpc) is 2.99. The molecule has 3 aromatic rings. The zero-order valence-corrected chi connectivity index (χ0v) is 15.2. The van der Waals surface area contributed by atoms with E-state index >= 15 is 0 Å². The lowest BCUT2D eigenvalue weighted by Crippen LogP contribution is -2.25. The molecule has 6 nitrogen and oxygen atoms in total. The lowest BCUT2D eigenvalue weighted by molar-refractivity contribution is 0.0600. The summed E-state index contributed by atoms with van der Waals surface area (Å²) in [6.45, 7) is 6.17. The summed E-state index contributed by atoms with van der Waals surface area (Å²) < 4.78 is 6.67. The van der Waals surface area contributed by atoms with E-state index < -0.39 is 5.97 Å². The zero-order chi connectivity index (χ0) is 18.9. The monoisotopic (exact) mass is 351 g/mol. The quantitative estimate of drug-likeness (QED) is 0.728. The molecule has 0 saturated carbocycles. The number of hydrogen-bond acceptors (Lipinski definition) is 4. The molecule has 0 spiro atoms. The van der Waals surface area contributed by atoms with Crippen LogP contribution < -0.4 is 5.32 Å². The van der Waals surface area contributed by atoms with E-state index in [1.165, 1.54) is 7.11 Å². The van der Waals surface area contributed by atoms with Crippen molar-refractivity contribution in [3.63, 3.8) is 0 Å². The standard InChI is InChI=1S/C20H21N3O3/c1-20(2,3)23-16-8-6-5-7-15(16)21-19(23)22-17(24)13-9-11-14(12-10-13)18(25)26-4/h5-12H,1-4H3,(H,21,22,24). The maximum atomic E-state index is 12.6. The highest BCUT2D eigenvalue weighted by molar-refractivity contribution is 6.04. The Morgan fingerprint density at radius 1 is 1.00 bits per heavy atom. The predicted molar refractivity (Wildman–Crippen MR) is 100 cm³/mol. The van der Waals surface area contributed by atoms with Crippen LogP contribution in [0.15, 0.2) is 48.5 Å². The van der Waals surface area contributed by atoms with Crippen molar-refractivity contribution in [1.82, 2.24) is 9.55 Å². The number of ether oxygens (including phenoxy) is 1. The van der Waals surface area contributed by atoms with Crippen LogP contribution in [0.25, 0.3) is 11.0 Å². The largest absolute Gasteiger partial charge is 0.465 e. The van der Waals surface area contributed by atoms with Gasteiger partial charge in [-0.05, 0) is 57.2 Å². The van der Waals surface area contributed by atoms with Crippen LogP contribution in [0.5, 0.6) is 0 Å². The molecular weight excluding hydrogens is 330 g/mol. The van der Waals surface area contributed by atoms with Gasteiger partial charge in [-0.1, -0.05) is 12.1 Å². The van der Waals surface area contributed by atoms with Crippen LogP contribution in [0.4, 0.5) is 5.95 Å². The Morgan fingerprint density at radius 2 is 1.62 bits per heavy atom. The van der Waals surface area contributed by atoms with E-state index in [9.17, 15) is 9.59 Å². The van der Waals surface area contributed by atoms with Gasteiger partial charge < -0.3 is 9.30 Å². The van der Waals surface area contributed by atoms with E-state index in [0.29, 0.717) is 17.1 Å². The highest BCUT2D eigenvalue weighted by Gasteiger charge is 2.23. The third kappa shape index (κ3) is 3.31. The normalized spacial score (nSPS) is 11.4. The van der Waals surface area contributed by atoms with Crippen molar-refractivity contribution >= 4 is 28.9 Å². The van der Waals surface area contributed by atoms with Crippen molar-refractivity contribution in [1.29, 1.82) is 0 Å². The molecule has 0 atom stereocenters. The van der Waals surface area contributed by atoms with E-state index in [1.54, 1.807) is 24.3 Å². The fourth-order valence-electron chi connectivity index (χ4n) is 2.84. The van der Waals surface area contributed by atoms with Crippen molar-refractivity contribution in [3.05, 3.63) is 59.7 Å². The second kappa shape index (κ2) is 6.63. The summed E-state index contributed by atoms with van der Waals surface area (Å²) >= 11 is 0. The Labute approximate surface area is 151 Å². The smallest absolute Gasteiger partial charge is 0.337 e. The van der Waals surface area contributed by atoms with Gasteiger partial charge in [0, 0.05) is 11.1 Å². The summed E-state index contributed by atoms with van der Waals surface area (Å²) in [5.41, 5.74) is 2.35. The van der Waals surface area contributed by atoms with Gasteiger partial charge in [-0.25, -0.2) is 9.78 Å². The second-order valence-corrected chi connectivity index (χ2v) is 6.95. The summed E-state index contributed by atoms with van der Waals surface area (Å²) in [5, 5.41) is 2.88. The molecule has 0 unspecified atom stereocenters. The summed E-state index contributed by atoms with van der Waals surface area (Å²) in [7, 11) is 1.32. The van der Waals surface area contributed by atoms with E-state index in [2.05, 4.69) is 35.8 Å². The van der Waals surface area contributed by atoms with E-state index in [-0.39, 0.29) is 11.4 Å². The number of esters is 1. The molecule has 26 heavy (non-hydrogen) atoms. The number of para-hydroxylation sites is 2. The number of methoxy groups -OCH3 is 1. The Morgan fingerprint density at radius 3 is 2.23 bits per heavy atom. The summed E-state index contributed by atoms with van der Waals surface area (Å²) in [6.07, 6.45) is 0. The van der Waals surface area contributed by atoms with E-state index in [1.807, 2.05) is 28.8 Å². The van der Waals surface area contributed by atoms with Crippen LogP contribution >= 0.6 is 0 Å². The van der Waals surface area contributed by atoms with Crippen LogP contribution in [-0.4, -0.2) is 28.5 Å². The summed E-state index contributed by atoms with van der Waals surface area (Å²) in [4.78, 5) is 28.7. The first-order chi connectivity index (χ1) is 12.3. The Bertz CT molecular complexity index is 966. The van der Waals surface area contributed by atoms with Crippen LogP contribution in [0.3, 0.4) is 0 Å². The number of aromatic nitrogens is 2. The molecule has 134 valence electrons. The van der Waals surface area contributed by atoms with Gasteiger partial charge in [0.05, 0.1) is 23.7 Å². The minimum absolute atomic E-state index is 0.256. The first kappa shape index (κ1) is 17.7. The minimum Gasteiger partial charge on any atom is -0.465 e. The van der Waals surface area contributed by atoms with Gasteiger partial charge in [-0.15, -0.1) is 0 Å². The molecular formula is C20H21N3O3. The first-order valence-electron chi connectivity index (χ1n) is 8.29. The first-order valence-corrected chi connectivity index (χ1v) is 8.29. The van der Waals surface area contributed by atoms with Crippen molar-refractivity contribution < 1.29 is 14.3 Å². The minimum atomic E-state index is -0.438. The van der Waals surface area contributed by atoms with Gasteiger partial charge in [0.25, 0.3) is 5.91 Å². The number of anilines is 1. The highest BCUT2D eigenvalue weighted by Crippen LogP contribution is 2.28. The summed E-state index contributed by atoms with van der Waals surface area (Å²) in [6, 6.07) is 14.1. The number of fused-ring (bicyclic) bond motifs is 1. The molecule has 0 aliphatic rings. The molecule has 1 N–H and O–H groups in total. The number of nitrogens with zero attached hydrogens (tertiary/aromatic N) is 2. The van der Waals surface area contributed by atoms with Crippen molar-refractivity contribution in [2.24, 2.45) is 0 Å². The fourth-order valence-corrected chi connectivity index (χ4v) is 2.84. The maximum Gasteiger partial charge on any atom is 0.337 e. The van der Waals surface area contributed by atoms with Crippen molar-refractivity contribution in [2.45, 2.75) is 26.3 Å². The molecule has 6 heteroatoms. The molecule has 0 saturated heterocycles. The molecule has 0 fully saturated rings. The molecule has 1 amide bonds. The molecule has 0 bridgehead atoms. The van der Waals surface area contributed by atoms with Gasteiger partial charge >= 0.3 is 5.97 Å². The van der Waals surface area contributed by atoms with Gasteiger partial charge in [0.15, 0.2) is 0 Å². The molecule has 1 aromatic heterocycles. The van der Waals surface area contributed by atoms with E-state index in [4.69, 9.17) is 0 Å². The Kier molecular flexibility index (Phi) is 4.50. The van der Waals surface area contributed by atoms with Gasteiger partial charge in [0.2, 0.25) is 5.95 Å². The number of nitrogens with one attached hydrogen (secondary N) is 1. The SMILES string of the molecule is COC(=O)c1ccc(C(=O)Nc2nc3ccccc3n2C(C)(C)C)cc1. The van der Waals surface area contributed by atoms with Crippen LogP contribution in [0.1, 0.15) is 41.5 Å². The third-order valence-electron chi connectivity index (χ3n) is 4.03. The van der Waals surface area contributed by atoms with Gasteiger partial charge in [-0.3, -0.25) is 10.1 Å². The van der Waals surface area contributed by atoms with Crippen molar-refractivity contribution in [2.75, 3.05) is 12.4 Å². The predicted octanol–water partition coefficient (Wildman–Crippen LogP) is 3.83. The number of rotatable bonds is 3. The van der Waals surface area contributed by atoms with Crippen LogP contribution in [0, 0.1) is 0 Å². The zero-order valence-electron chi connectivity index (χ0n) is 15.2. The third-order valence-corrected chi connectivity index (χ3v) is 4.03. The number of hydrogen-bond donors (Lipinski definition) is 1. The van der Waals surface area contributed by atoms with Gasteiger partial charge in [0.1, 0.15) is 0 Å². The van der Waals surface area contributed by atoms with Crippen molar-refractivity contribution in [3.8, 4) is 0 Å². The molecule has 2 aromatic carbocycles. The number of imidazole rings is 1. The van der Waals surface area contributed by atoms with Gasteiger partial charge in [-0.2, -0.15) is 0 Å². The lowest BCUT2D eigenvalue weighted by atomic mass is 10.1. The average molecular weight is 351 g/mol. The summed E-state index contributed by atoms with van der Waals surface area (Å²) in [5.74, 6) is -0.241. The second-order valence-electron chi connectivity index (χ2n) is 6.95. The molecule has 3 rings (SSSR count). The van der Waals surface area contributed by atoms with Crippen LogP contribution in [0.2, 0.25) is 0 Å². The molecule has 0 aliphatic carbocycles. The maximum absolute atomic E-state index is 12.6. The topological polar surface area (TPSA) is 73.2 Å². The molecule has 1 heterocycles. The van der Waals surface area contributed by atoms with Crippen LogP contribution in [-0.2, 0) is 10.3 Å². The Hall–Kier alpha value is -3.15. The molecule has 0 aliphatic heterocycles. The number of carbonyl (C=O) groups excluding carboxylic acids is 2. The fraction of sp³-hybridized carbons (Fsp3) is 0.250. The Balaban J connectivity index is 1.93. The number of benzene rings is 2. The number of amides is 1.